The SMILES string of the molecule is COc1ccc(C(=O)N(OC(=O)C(F)(F)F)c2cc(-c3c(-c4ccc(F)cc4)nc4cccnn34)ccn2)cc1. The smallest absolute Gasteiger partial charge is 0.493 e. The highest BCUT2D eigenvalue weighted by atomic mass is 19.4. The van der Waals surface area contributed by atoms with E-state index in [1.807, 2.05) is 0 Å². The van der Waals surface area contributed by atoms with Crippen molar-refractivity contribution in [3.05, 3.63) is 96.6 Å². The number of ether oxygens (including phenoxy) is 1. The number of methoxy groups -OCH3 is 1. The second-order valence-corrected chi connectivity index (χ2v) is 8.22. The lowest BCUT2D eigenvalue weighted by atomic mass is 10.1. The zero-order valence-electron chi connectivity index (χ0n) is 20.5. The average Bonchev–Trinajstić information content (AvgIpc) is 3.35. The van der Waals surface area contributed by atoms with Gasteiger partial charge in [0.15, 0.2) is 11.5 Å². The van der Waals surface area contributed by atoms with Crippen LogP contribution < -0.4 is 9.80 Å². The van der Waals surface area contributed by atoms with Crippen LogP contribution in [0.5, 0.6) is 5.75 Å². The van der Waals surface area contributed by atoms with Gasteiger partial charge in [0.1, 0.15) is 17.3 Å². The van der Waals surface area contributed by atoms with Crippen molar-refractivity contribution < 1.29 is 36.7 Å². The van der Waals surface area contributed by atoms with Crippen LogP contribution in [0.15, 0.2) is 85.2 Å². The summed E-state index contributed by atoms with van der Waals surface area (Å²) in [5, 5.41) is 4.47. The van der Waals surface area contributed by atoms with Crippen LogP contribution >= 0.6 is 0 Å². The minimum atomic E-state index is -5.39. The van der Waals surface area contributed by atoms with E-state index in [2.05, 4.69) is 19.9 Å². The molecule has 9 nitrogen and oxygen atoms in total. The second-order valence-electron chi connectivity index (χ2n) is 8.22. The number of nitrogens with zero attached hydrogens (tertiary/aromatic N) is 5. The second kappa shape index (κ2) is 10.4. The fourth-order valence-electron chi connectivity index (χ4n) is 3.81. The summed E-state index contributed by atoms with van der Waals surface area (Å²) < 4.78 is 59.5. The molecular weight excluding hydrogens is 534 g/mol. The Hall–Kier alpha value is -5.33. The van der Waals surface area contributed by atoms with E-state index >= 15 is 0 Å². The number of alkyl halides is 3. The molecule has 0 aliphatic heterocycles. The third-order valence-electron chi connectivity index (χ3n) is 5.66. The van der Waals surface area contributed by atoms with Crippen molar-refractivity contribution in [2.24, 2.45) is 0 Å². The van der Waals surface area contributed by atoms with Gasteiger partial charge in [-0.2, -0.15) is 18.3 Å². The van der Waals surface area contributed by atoms with E-state index in [4.69, 9.17) is 4.74 Å². The Labute approximate surface area is 223 Å². The zero-order valence-corrected chi connectivity index (χ0v) is 20.5. The first-order valence-corrected chi connectivity index (χ1v) is 11.5. The summed E-state index contributed by atoms with van der Waals surface area (Å²) in [7, 11) is 1.40. The van der Waals surface area contributed by atoms with Gasteiger partial charge in [0.05, 0.1) is 12.8 Å². The molecule has 2 aromatic carbocycles. The summed E-state index contributed by atoms with van der Waals surface area (Å²) in [6, 6.07) is 17.0. The Morgan fingerprint density at radius 2 is 1.65 bits per heavy atom. The molecule has 1 amide bonds. The van der Waals surface area contributed by atoms with Gasteiger partial charge in [-0.05, 0) is 72.8 Å². The molecule has 0 atom stereocenters. The van der Waals surface area contributed by atoms with Gasteiger partial charge in [-0.3, -0.25) is 4.79 Å². The third-order valence-corrected chi connectivity index (χ3v) is 5.66. The summed E-state index contributed by atoms with van der Waals surface area (Å²) in [5.74, 6) is -4.21. The molecular formula is C27H17F4N5O4. The van der Waals surface area contributed by atoms with Crippen molar-refractivity contribution in [1.82, 2.24) is 19.6 Å². The summed E-state index contributed by atoms with van der Waals surface area (Å²) in [6.45, 7) is 0. The van der Waals surface area contributed by atoms with Crippen LogP contribution in [0, 0.1) is 5.82 Å². The van der Waals surface area contributed by atoms with Gasteiger partial charge in [0.2, 0.25) is 0 Å². The van der Waals surface area contributed by atoms with Gasteiger partial charge >= 0.3 is 12.1 Å². The lowest BCUT2D eigenvalue weighted by molar-refractivity contribution is -0.200. The number of rotatable bonds is 5. The fraction of sp³-hybridized carbons (Fsp3) is 0.0741. The first-order valence-electron chi connectivity index (χ1n) is 11.5. The maximum absolute atomic E-state index is 13.6. The van der Waals surface area contributed by atoms with Crippen LogP contribution in [0.3, 0.4) is 0 Å². The fourth-order valence-corrected chi connectivity index (χ4v) is 3.81. The average molecular weight is 551 g/mol. The molecule has 0 aliphatic rings. The molecule has 0 spiro atoms. The monoisotopic (exact) mass is 551 g/mol. The van der Waals surface area contributed by atoms with Gasteiger partial charge in [-0.15, -0.1) is 5.06 Å². The van der Waals surface area contributed by atoms with E-state index < -0.39 is 29.7 Å². The number of anilines is 1. The quantitative estimate of drug-likeness (QED) is 0.217. The minimum Gasteiger partial charge on any atom is -0.497 e. The van der Waals surface area contributed by atoms with Crippen LogP contribution in [0.4, 0.5) is 23.4 Å². The molecule has 0 saturated carbocycles. The van der Waals surface area contributed by atoms with Crippen molar-refractivity contribution in [2.75, 3.05) is 12.2 Å². The number of carbonyl (C=O) groups is 2. The molecule has 40 heavy (non-hydrogen) atoms. The maximum Gasteiger partial charge on any atom is 0.493 e. The molecule has 13 heteroatoms. The Balaban J connectivity index is 1.64. The number of hydroxylamine groups is 1. The number of hydrogen-bond donors (Lipinski definition) is 0. The van der Waals surface area contributed by atoms with Gasteiger partial charge in [-0.25, -0.2) is 23.7 Å². The van der Waals surface area contributed by atoms with E-state index in [1.165, 1.54) is 84.7 Å². The molecule has 5 aromatic rings. The van der Waals surface area contributed by atoms with Crippen molar-refractivity contribution >= 4 is 23.3 Å². The van der Waals surface area contributed by atoms with Crippen molar-refractivity contribution in [3.8, 4) is 28.3 Å². The largest absolute Gasteiger partial charge is 0.497 e. The molecule has 5 rings (SSSR count). The number of halogens is 4. The zero-order chi connectivity index (χ0) is 28.4. The first-order chi connectivity index (χ1) is 19.2. The van der Waals surface area contributed by atoms with E-state index in [9.17, 15) is 27.2 Å². The highest BCUT2D eigenvalue weighted by Crippen LogP contribution is 2.34. The molecule has 0 radical (unpaired) electrons. The predicted octanol–water partition coefficient (Wildman–Crippen LogP) is 5.27. The maximum atomic E-state index is 13.6. The number of aromatic nitrogens is 4. The van der Waals surface area contributed by atoms with E-state index in [0.717, 1.165) is 0 Å². The summed E-state index contributed by atoms with van der Waals surface area (Å²) >= 11 is 0. The Morgan fingerprint density at radius 1 is 0.925 bits per heavy atom. The van der Waals surface area contributed by atoms with Crippen LogP contribution in [-0.4, -0.2) is 44.7 Å². The Bertz CT molecular complexity index is 1700. The van der Waals surface area contributed by atoms with Crippen LogP contribution in [-0.2, 0) is 9.63 Å². The number of fused-ring (bicyclic) bond motifs is 1. The van der Waals surface area contributed by atoms with Gasteiger partial charge in [-0.1, -0.05) is 0 Å². The Kier molecular flexibility index (Phi) is 6.86. The lowest BCUT2D eigenvalue weighted by Gasteiger charge is -2.21. The number of amides is 1. The van der Waals surface area contributed by atoms with E-state index in [0.29, 0.717) is 33.9 Å². The summed E-state index contributed by atoms with van der Waals surface area (Å²) in [5.41, 5.74) is 1.89. The number of carbonyl (C=O) groups excluding carboxylic acids is 2. The topological polar surface area (TPSA) is 98.9 Å². The molecule has 0 N–H and O–H groups in total. The van der Waals surface area contributed by atoms with Crippen molar-refractivity contribution in [2.45, 2.75) is 6.18 Å². The molecule has 0 bridgehead atoms. The normalized spacial score (nSPS) is 11.3. The number of hydrogen-bond acceptors (Lipinski definition) is 7. The van der Waals surface area contributed by atoms with Crippen molar-refractivity contribution in [3.63, 3.8) is 0 Å². The van der Waals surface area contributed by atoms with Gasteiger partial charge in [0, 0.05) is 29.1 Å². The van der Waals surface area contributed by atoms with Gasteiger partial charge in [0.25, 0.3) is 5.91 Å². The first kappa shape index (κ1) is 26.3. The summed E-state index contributed by atoms with van der Waals surface area (Å²) in [4.78, 5) is 38.1. The molecule has 3 aromatic heterocycles. The molecule has 202 valence electrons. The van der Waals surface area contributed by atoms with Crippen LogP contribution in [0.25, 0.3) is 28.2 Å². The highest BCUT2D eigenvalue weighted by Gasteiger charge is 2.44. The highest BCUT2D eigenvalue weighted by molar-refractivity contribution is 6.05. The van der Waals surface area contributed by atoms with Crippen LogP contribution in [0.1, 0.15) is 10.4 Å². The Morgan fingerprint density at radius 3 is 2.33 bits per heavy atom. The molecule has 0 aliphatic carbocycles. The molecule has 0 fully saturated rings. The minimum absolute atomic E-state index is 0.105. The number of pyridine rings is 1. The predicted molar refractivity (Wildman–Crippen MR) is 134 cm³/mol. The number of imidazole rings is 1. The third kappa shape index (κ3) is 5.16. The van der Waals surface area contributed by atoms with E-state index in [1.54, 1.807) is 12.1 Å². The molecule has 0 unspecified atom stereocenters. The molecule has 0 saturated heterocycles. The number of benzene rings is 2. The van der Waals surface area contributed by atoms with E-state index in [-0.39, 0.29) is 10.6 Å². The molecule has 3 heterocycles. The summed E-state index contributed by atoms with van der Waals surface area (Å²) in [6.07, 6.45) is -2.67. The van der Waals surface area contributed by atoms with Gasteiger partial charge < -0.3 is 9.57 Å². The van der Waals surface area contributed by atoms with Crippen LogP contribution in [0.2, 0.25) is 0 Å². The standard InChI is InChI=1S/C27H17F4N5O4/c1-39-20-10-6-17(7-11-20)25(37)36(40-26(38)27(29,30)31)22-15-18(12-14-32-22)24-23(16-4-8-19(28)9-5-16)34-21-3-2-13-33-35(21)24/h2-15H,1H3. The lowest BCUT2D eigenvalue weighted by Crippen LogP contribution is -2.39. The van der Waals surface area contributed by atoms with Crippen molar-refractivity contribution in [1.29, 1.82) is 0 Å².